The molecule has 0 aliphatic carbocycles. The maximum atomic E-state index is 9.11. The van der Waals surface area contributed by atoms with Crippen LogP contribution in [-0.2, 0) is 4.74 Å². The zero-order valence-electron chi connectivity index (χ0n) is 9.32. The van der Waals surface area contributed by atoms with E-state index in [9.17, 15) is 0 Å². The van der Waals surface area contributed by atoms with Gasteiger partial charge in [0.15, 0.2) is 0 Å². The van der Waals surface area contributed by atoms with Gasteiger partial charge in [-0.15, -0.1) is 0 Å². The first kappa shape index (κ1) is 11.9. The maximum Gasteiger partial charge on any atom is 0.0980 e. The third-order valence-corrected chi connectivity index (χ3v) is 3.42. The zero-order valence-corrected chi connectivity index (χ0v) is 10.9. The third-order valence-electron chi connectivity index (χ3n) is 2.79. The van der Waals surface area contributed by atoms with Crippen molar-refractivity contribution in [3.63, 3.8) is 0 Å². The molecule has 1 atom stereocenters. The number of nitrogens with zero attached hydrogens (tertiary/aromatic N) is 1. The number of benzene rings is 1. The summed E-state index contributed by atoms with van der Waals surface area (Å²) in [5.41, 5.74) is 2.41. The molecule has 0 bridgehead atoms. The van der Waals surface area contributed by atoms with E-state index in [0.717, 1.165) is 17.6 Å². The highest BCUT2D eigenvalue weighted by Gasteiger charge is 2.21. The first-order valence-electron chi connectivity index (χ1n) is 5.44. The quantitative estimate of drug-likeness (QED) is 0.902. The molecular weight excluding hydrogens is 270 g/mol. The second-order valence-corrected chi connectivity index (χ2v) is 4.93. The van der Waals surface area contributed by atoms with Crippen LogP contribution in [0.4, 0.5) is 5.69 Å². The number of aryl methyl sites for hydroxylation is 1. The van der Waals surface area contributed by atoms with E-state index < -0.39 is 0 Å². The molecule has 0 radical (unpaired) electrons. The Labute approximate surface area is 104 Å². The molecule has 88 valence electrons. The van der Waals surface area contributed by atoms with Crippen molar-refractivity contribution in [3.8, 4) is 0 Å². The van der Waals surface area contributed by atoms with Crippen LogP contribution in [0.5, 0.6) is 0 Å². The molecule has 1 fully saturated rings. The van der Waals surface area contributed by atoms with Crippen LogP contribution in [0.15, 0.2) is 22.7 Å². The Balaban J connectivity index is 2.16. The summed E-state index contributed by atoms with van der Waals surface area (Å²) in [4.78, 5) is 2.24. The number of anilines is 1. The molecule has 3 nitrogen and oxygen atoms in total. The molecule has 4 heteroatoms. The average molecular weight is 286 g/mol. The molecule has 0 saturated carbocycles. The molecule has 1 N–H and O–H groups in total. The second kappa shape index (κ2) is 5.17. The van der Waals surface area contributed by atoms with Crippen LogP contribution >= 0.6 is 15.9 Å². The number of aliphatic hydroxyl groups excluding tert-OH is 1. The van der Waals surface area contributed by atoms with E-state index in [2.05, 4.69) is 46.0 Å². The molecule has 0 spiro atoms. The molecule has 1 aromatic rings. The largest absolute Gasteiger partial charge is 0.394 e. The molecule has 0 amide bonds. The van der Waals surface area contributed by atoms with Gasteiger partial charge in [0.25, 0.3) is 0 Å². The minimum atomic E-state index is -0.0676. The topological polar surface area (TPSA) is 32.7 Å². The van der Waals surface area contributed by atoms with Crippen molar-refractivity contribution in [1.29, 1.82) is 0 Å². The first-order valence-corrected chi connectivity index (χ1v) is 6.23. The fourth-order valence-corrected chi connectivity index (χ4v) is 2.66. The lowest BCUT2D eigenvalue weighted by Crippen LogP contribution is -2.44. The molecule has 1 aliphatic heterocycles. The SMILES string of the molecule is Cc1ccc(N2CCOC(CO)C2)c(Br)c1. The average Bonchev–Trinajstić information content (AvgIpc) is 2.29. The Morgan fingerprint density at radius 3 is 3.06 bits per heavy atom. The van der Waals surface area contributed by atoms with Crippen molar-refractivity contribution in [2.75, 3.05) is 31.2 Å². The van der Waals surface area contributed by atoms with E-state index in [1.807, 2.05) is 0 Å². The van der Waals surface area contributed by atoms with E-state index in [-0.39, 0.29) is 12.7 Å². The van der Waals surface area contributed by atoms with Crippen molar-refractivity contribution in [3.05, 3.63) is 28.2 Å². The van der Waals surface area contributed by atoms with Crippen LogP contribution in [0.2, 0.25) is 0 Å². The predicted octanol–water partition coefficient (Wildman–Crippen LogP) is 1.96. The van der Waals surface area contributed by atoms with Gasteiger partial charge in [-0.25, -0.2) is 0 Å². The standard InChI is InChI=1S/C12H16BrNO2/c1-9-2-3-12(11(13)6-9)14-4-5-16-10(7-14)8-15/h2-3,6,10,15H,4-5,7-8H2,1H3. The zero-order chi connectivity index (χ0) is 11.5. The predicted molar refractivity (Wildman–Crippen MR) is 67.9 cm³/mol. The highest BCUT2D eigenvalue weighted by Crippen LogP contribution is 2.28. The number of rotatable bonds is 2. The highest BCUT2D eigenvalue weighted by molar-refractivity contribution is 9.10. The minimum absolute atomic E-state index is 0.0676. The number of ether oxygens (including phenoxy) is 1. The van der Waals surface area contributed by atoms with Gasteiger partial charge in [-0.3, -0.25) is 0 Å². The molecule has 2 rings (SSSR count). The molecule has 1 saturated heterocycles. The summed E-state index contributed by atoms with van der Waals surface area (Å²) >= 11 is 3.58. The van der Waals surface area contributed by atoms with Gasteiger partial charge in [-0.05, 0) is 40.5 Å². The molecule has 1 aromatic carbocycles. The summed E-state index contributed by atoms with van der Waals surface area (Å²) in [7, 11) is 0. The van der Waals surface area contributed by atoms with E-state index in [1.54, 1.807) is 0 Å². The number of hydrogen-bond acceptors (Lipinski definition) is 3. The van der Waals surface area contributed by atoms with Gasteiger partial charge < -0.3 is 14.7 Å². The van der Waals surface area contributed by atoms with Crippen LogP contribution in [0.25, 0.3) is 0 Å². The Kier molecular flexibility index (Phi) is 3.84. The lowest BCUT2D eigenvalue weighted by Gasteiger charge is -2.34. The normalized spacial score (nSPS) is 21.2. The van der Waals surface area contributed by atoms with E-state index in [4.69, 9.17) is 9.84 Å². The summed E-state index contributed by atoms with van der Waals surface area (Å²) in [5.74, 6) is 0. The molecular formula is C12H16BrNO2. The Morgan fingerprint density at radius 1 is 1.56 bits per heavy atom. The van der Waals surface area contributed by atoms with Gasteiger partial charge in [0.2, 0.25) is 0 Å². The highest BCUT2D eigenvalue weighted by atomic mass is 79.9. The van der Waals surface area contributed by atoms with Gasteiger partial charge in [0, 0.05) is 17.6 Å². The lowest BCUT2D eigenvalue weighted by atomic mass is 10.2. The number of morpholine rings is 1. The van der Waals surface area contributed by atoms with Crippen molar-refractivity contribution in [1.82, 2.24) is 0 Å². The van der Waals surface area contributed by atoms with Crippen molar-refractivity contribution in [2.24, 2.45) is 0 Å². The number of aliphatic hydroxyl groups is 1. The molecule has 1 heterocycles. The maximum absolute atomic E-state index is 9.11. The molecule has 1 unspecified atom stereocenters. The Hall–Kier alpha value is -0.580. The summed E-state index contributed by atoms with van der Waals surface area (Å²) in [6.45, 7) is 4.45. The first-order chi connectivity index (χ1) is 7.70. The van der Waals surface area contributed by atoms with Gasteiger partial charge in [0.05, 0.1) is 25.0 Å². The van der Waals surface area contributed by atoms with Crippen LogP contribution in [0, 0.1) is 6.92 Å². The molecule has 1 aliphatic rings. The van der Waals surface area contributed by atoms with Crippen LogP contribution < -0.4 is 4.90 Å². The van der Waals surface area contributed by atoms with E-state index in [1.165, 1.54) is 11.3 Å². The van der Waals surface area contributed by atoms with Crippen molar-refractivity contribution >= 4 is 21.6 Å². The minimum Gasteiger partial charge on any atom is -0.394 e. The smallest absolute Gasteiger partial charge is 0.0980 e. The van der Waals surface area contributed by atoms with Gasteiger partial charge >= 0.3 is 0 Å². The monoisotopic (exact) mass is 285 g/mol. The van der Waals surface area contributed by atoms with Crippen LogP contribution in [-0.4, -0.2) is 37.5 Å². The van der Waals surface area contributed by atoms with Gasteiger partial charge in [-0.2, -0.15) is 0 Å². The van der Waals surface area contributed by atoms with Crippen molar-refractivity contribution in [2.45, 2.75) is 13.0 Å². The van der Waals surface area contributed by atoms with E-state index >= 15 is 0 Å². The fourth-order valence-electron chi connectivity index (χ4n) is 1.92. The van der Waals surface area contributed by atoms with Crippen LogP contribution in [0.1, 0.15) is 5.56 Å². The Bertz CT molecular complexity index is 370. The fraction of sp³-hybridized carbons (Fsp3) is 0.500. The lowest BCUT2D eigenvalue weighted by molar-refractivity contribution is 0.00353. The summed E-state index contributed by atoms with van der Waals surface area (Å²) < 4.78 is 6.54. The number of hydrogen-bond donors (Lipinski definition) is 1. The van der Waals surface area contributed by atoms with Crippen molar-refractivity contribution < 1.29 is 9.84 Å². The van der Waals surface area contributed by atoms with Gasteiger partial charge in [-0.1, -0.05) is 6.07 Å². The van der Waals surface area contributed by atoms with E-state index in [0.29, 0.717) is 6.61 Å². The summed E-state index contributed by atoms with van der Waals surface area (Å²) in [5, 5.41) is 9.11. The Morgan fingerprint density at radius 2 is 2.38 bits per heavy atom. The van der Waals surface area contributed by atoms with Crippen LogP contribution in [0.3, 0.4) is 0 Å². The third kappa shape index (κ3) is 2.56. The van der Waals surface area contributed by atoms with Gasteiger partial charge in [0.1, 0.15) is 0 Å². The summed E-state index contributed by atoms with van der Waals surface area (Å²) in [6, 6.07) is 6.32. The number of halogens is 1. The molecule has 0 aromatic heterocycles. The second-order valence-electron chi connectivity index (χ2n) is 4.08. The summed E-state index contributed by atoms with van der Waals surface area (Å²) in [6.07, 6.45) is -0.0676. The molecule has 16 heavy (non-hydrogen) atoms.